The number of hydrogen-bond acceptors (Lipinski definition) is 2. The molecule has 3 unspecified atom stereocenters. The van der Waals surface area contributed by atoms with Crippen LogP contribution in [0.3, 0.4) is 0 Å². The summed E-state index contributed by atoms with van der Waals surface area (Å²) in [5.41, 5.74) is -0.533. The van der Waals surface area contributed by atoms with Crippen LogP contribution in [0.15, 0.2) is 28.9 Å². The van der Waals surface area contributed by atoms with Crippen molar-refractivity contribution in [2.24, 2.45) is 28.3 Å². The molecule has 0 aromatic carbocycles. The molecule has 0 bridgehead atoms. The molecule has 3 atom stereocenters. The highest BCUT2D eigenvalue weighted by Crippen LogP contribution is 2.56. The van der Waals surface area contributed by atoms with Crippen molar-refractivity contribution in [1.29, 1.82) is 0 Å². The smallest absolute Gasteiger partial charge is 0.290 e. The van der Waals surface area contributed by atoms with Crippen LogP contribution in [-0.4, -0.2) is 29.5 Å². The SMILES string of the molecule is C/C=C/C1CC(CC)(N2CC(C(=CCCCCCCCC)C3CCCCC3(C)C(F)(F)F)C=N2)C1. The molecule has 3 aliphatic rings. The lowest BCUT2D eigenvalue weighted by molar-refractivity contribution is -0.241. The Balaban J connectivity index is 1.76. The molecule has 200 valence electrons. The second-order valence-electron chi connectivity index (χ2n) is 11.7. The number of hydrazone groups is 1. The summed E-state index contributed by atoms with van der Waals surface area (Å²) in [6.07, 6.45) is 18.2. The fourth-order valence-electron chi connectivity index (χ4n) is 6.91. The van der Waals surface area contributed by atoms with Crippen LogP contribution in [-0.2, 0) is 0 Å². The average molecular weight is 495 g/mol. The minimum Gasteiger partial charge on any atom is -0.290 e. The molecule has 0 saturated heterocycles. The second-order valence-corrected chi connectivity index (χ2v) is 11.7. The Hall–Kier alpha value is -1.26. The van der Waals surface area contributed by atoms with Crippen molar-refractivity contribution >= 4 is 6.21 Å². The van der Waals surface area contributed by atoms with E-state index >= 15 is 0 Å². The van der Waals surface area contributed by atoms with Crippen molar-refractivity contribution < 1.29 is 13.2 Å². The van der Waals surface area contributed by atoms with Gasteiger partial charge in [-0.2, -0.15) is 18.3 Å². The van der Waals surface area contributed by atoms with E-state index in [9.17, 15) is 13.2 Å². The predicted molar refractivity (Wildman–Crippen MR) is 141 cm³/mol. The maximum absolute atomic E-state index is 14.4. The Labute approximate surface area is 212 Å². The number of nitrogens with zero attached hydrogens (tertiary/aromatic N) is 2. The summed E-state index contributed by atoms with van der Waals surface area (Å²) in [6.45, 7) is 8.74. The third-order valence-electron chi connectivity index (χ3n) is 9.33. The number of rotatable bonds is 12. The summed E-state index contributed by atoms with van der Waals surface area (Å²) >= 11 is 0. The van der Waals surface area contributed by atoms with Gasteiger partial charge in [0.15, 0.2) is 0 Å². The first-order valence-electron chi connectivity index (χ1n) is 14.4. The van der Waals surface area contributed by atoms with Gasteiger partial charge >= 0.3 is 6.18 Å². The Kier molecular flexibility index (Phi) is 9.97. The van der Waals surface area contributed by atoms with Crippen LogP contribution in [0.25, 0.3) is 0 Å². The largest absolute Gasteiger partial charge is 0.394 e. The molecule has 3 rings (SSSR count). The molecule has 5 heteroatoms. The highest BCUT2D eigenvalue weighted by molar-refractivity contribution is 5.67. The molecule has 1 aliphatic heterocycles. The van der Waals surface area contributed by atoms with Crippen molar-refractivity contribution in [2.45, 2.75) is 129 Å². The third kappa shape index (κ3) is 6.36. The van der Waals surface area contributed by atoms with Gasteiger partial charge in [-0.1, -0.05) is 89.5 Å². The molecule has 0 aromatic heterocycles. The van der Waals surface area contributed by atoms with Crippen LogP contribution in [0.5, 0.6) is 0 Å². The van der Waals surface area contributed by atoms with E-state index in [-0.39, 0.29) is 17.9 Å². The molecule has 2 fully saturated rings. The van der Waals surface area contributed by atoms with Crippen molar-refractivity contribution in [3.63, 3.8) is 0 Å². The Bertz CT molecular complexity index is 747. The highest BCUT2D eigenvalue weighted by Gasteiger charge is 2.58. The molecule has 1 heterocycles. The Morgan fingerprint density at radius 3 is 2.46 bits per heavy atom. The van der Waals surface area contributed by atoms with Crippen LogP contribution in [0.2, 0.25) is 0 Å². The van der Waals surface area contributed by atoms with E-state index in [1.54, 1.807) is 0 Å². The maximum Gasteiger partial charge on any atom is 0.394 e. The number of allylic oxidation sites excluding steroid dienone is 3. The first kappa shape index (κ1) is 28.3. The van der Waals surface area contributed by atoms with Gasteiger partial charge in [0.1, 0.15) is 0 Å². The first-order chi connectivity index (χ1) is 16.7. The minimum absolute atomic E-state index is 0.00376. The fraction of sp³-hybridized carbons (Fsp3) is 0.833. The van der Waals surface area contributed by atoms with Crippen molar-refractivity contribution in [1.82, 2.24) is 5.01 Å². The van der Waals surface area contributed by atoms with E-state index in [0.29, 0.717) is 18.8 Å². The van der Waals surface area contributed by atoms with Gasteiger partial charge in [-0.05, 0) is 63.7 Å². The van der Waals surface area contributed by atoms with Crippen molar-refractivity contribution in [2.75, 3.05) is 6.54 Å². The number of hydrogen-bond donors (Lipinski definition) is 0. The van der Waals surface area contributed by atoms with E-state index < -0.39 is 17.5 Å². The van der Waals surface area contributed by atoms with Gasteiger partial charge in [0.05, 0.1) is 11.0 Å². The van der Waals surface area contributed by atoms with Crippen molar-refractivity contribution in [3.05, 3.63) is 23.8 Å². The lowest BCUT2D eigenvalue weighted by Gasteiger charge is -2.52. The van der Waals surface area contributed by atoms with E-state index in [0.717, 1.165) is 50.6 Å². The fourth-order valence-corrected chi connectivity index (χ4v) is 6.91. The summed E-state index contributed by atoms with van der Waals surface area (Å²) in [6, 6.07) is 0. The van der Waals surface area contributed by atoms with Crippen molar-refractivity contribution in [3.8, 4) is 0 Å². The maximum atomic E-state index is 14.4. The van der Waals surface area contributed by atoms with Gasteiger partial charge in [0.2, 0.25) is 0 Å². The van der Waals surface area contributed by atoms with E-state index in [2.05, 4.69) is 44.0 Å². The molecule has 0 amide bonds. The zero-order valence-corrected chi connectivity index (χ0v) is 22.7. The van der Waals surface area contributed by atoms with Gasteiger partial charge < -0.3 is 0 Å². The summed E-state index contributed by atoms with van der Waals surface area (Å²) in [5, 5.41) is 7.08. The molecular weight excluding hydrogens is 445 g/mol. The lowest BCUT2D eigenvalue weighted by atomic mass is 9.62. The van der Waals surface area contributed by atoms with Gasteiger partial charge in [0, 0.05) is 18.7 Å². The van der Waals surface area contributed by atoms with Gasteiger partial charge in [-0.25, -0.2) is 0 Å². The normalized spacial score (nSPS) is 34.1. The monoisotopic (exact) mass is 494 g/mol. The molecule has 2 nitrogen and oxygen atoms in total. The number of halogens is 3. The van der Waals surface area contributed by atoms with Crippen LogP contribution >= 0.6 is 0 Å². The molecular formula is C30H49F3N2. The van der Waals surface area contributed by atoms with Crippen LogP contribution in [0, 0.1) is 23.2 Å². The Morgan fingerprint density at radius 2 is 1.80 bits per heavy atom. The summed E-state index contributed by atoms with van der Waals surface area (Å²) < 4.78 is 43.2. The lowest BCUT2D eigenvalue weighted by Crippen LogP contribution is -2.54. The molecule has 2 aliphatic carbocycles. The van der Waals surface area contributed by atoms with Crippen LogP contribution in [0.4, 0.5) is 13.2 Å². The quantitative estimate of drug-likeness (QED) is 0.195. The van der Waals surface area contributed by atoms with Gasteiger partial charge in [0.25, 0.3) is 0 Å². The topological polar surface area (TPSA) is 15.6 Å². The molecule has 35 heavy (non-hydrogen) atoms. The molecule has 2 saturated carbocycles. The summed E-state index contributed by atoms with van der Waals surface area (Å²) in [4.78, 5) is 0. The average Bonchev–Trinajstić information content (AvgIpc) is 3.28. The van der Waals surface area contributed by atoms with Gasteiger partial charge in [-0.15, -0.1) is 0 Å². The molecule has 0 spiro atoms. The zero-order valence-electron chi connectivity index (χ0n) is 22.7. The highest BCUT2D eigenvalue weighted by atomic mass is 19.4. The Morgan fingerprint density at radius 1 is 1.09 bits per heavy atom. The summed E-state index contributed by atoms with van der Waals surface area (Å²) in [5.74, 6) is 0.176. The second kappa shape index (κ2) is 12.3. The van der Waals surface area contributed by atoms with E-state index in [1.807, 2.05) is 6.21 Å². The number of unbranched alkanes of at least 4 members (excludes halogenated alkanes) is 6. The summed E-state index contributed by atoms with van der Waals surface area (Å²) in [7, 11) is 0. The zero-order chi connectivity index (χ0) is 25.5. The molecule has 0 radical (unpaired) electrons. The minimum atomic E-state index is -4.18. The standard InChI is InChI=1S/C30H49F3N2/c1-5-8-9-10-11-12-13-17-26(27-18-14-15-19-28(27,4)30(31,32)33)25-22-34-35(23-25)29(7-3)20-24(21-29)16-6-2/h6,16-17,22,24-25,27H,5,7-15,18-21,23H2,1-4H3/b16-6+,26-17?. The van der Waals surface area contributed by atoms with E-state index in [4.69, 9.17) is 5.10 Å². The first-order valence-corrected chi connectivity index (χ1v) is 14.4. The van der Waals surface area contributed by atoms with Crippen LogP contribution in [0.1, 0.15) is 118 Å². The van der Waals surface area contributed by atoms with Gasteiger partial charge in [-0.3, -0.25) is 5.01 Å². The number of alkyl halides is 3. The third-order valence-corrected chi connectivity index (χ3v) is 9.33. The predicted octanol–water partition coefficient (Wildman–Crippen LogP) is 9.47. The van der Waals surface area contributed by atoms with Crippen LogP contribution < -0.4 is 0 Å². The van der Waals surface area contributed by atoms with E-state index in [1.165, 1.54) is 39.0 Å². The molecule has 0 N–H and O–H groups in total. The molecule has 0 aromatic rings.